The van der Waals surface area contributed by atoms with Gasteiger partial charge in [-0.15, -0.1) is 0 Å². The van der Waals surface area contributed by atoms with Crippen LogP contribution in [0.15, 0.2) is 47.2 Å². The number of rotatable bonds is 7. The molecule has 212 valence electrons. The van der Waals surface area contributed by atoms with Crippen molar-refractivity contribution in [1.82, 2.24) is 25.0 Å². The lowest BCUT2D eigenvalue weighted by molar-refractivity contribution is -0.119. The van der Waals surface area contributed by atoms with Crippen molar-refractivity contribution in [2.45, 2.75) is 58.4 Å². The summed E-state index contributed by atoms with van der Waals surface area (Å²) >= 11 is 0. The van der Waals surface area contributed by atoms with Gasteiger partial charge >= 0.3 is 0 Å². The van der Waals surface area contributed by atoms with Gasteiger partial charge in [-0.05, 0) is 75.1 Å². The molecule has 1 saturated carbocycles. The van der Waals surface area contributed by atoms with E-state index in [2.05, 4.69) is 25.8 Å². The van der Waals surface area contributed by atoms with Crippen molar-refractivity contribution in [1.29, 1.82) is 0 Å². The summed E-state index contributed by atoms with van der Waals surface area (Å²) < 4.78 is 20.9. The summed E-state index contributed by atoms with van der Waals surface area (Å²) in [4.78, 5) is 48.9. The number of carbonyl (C=O) groups is 3. The number of pyridine rings is 1. The SMILES string of the molecule is Cc1cc(NC(=O)c2c(C)c(C(=O)C(=O)NC3(c4nc(-c5ccncc5)no4)CCCCC3)n(C)c2C)ccc1F. The predicted molar refractivity (Wildman–Crippen MR) is 149 cm³/mol. The van der Waals surface area contributed by atoms with E-state index < -0.39 is 23.1 Å². The smallest absolute Gasteiger partial charge is 0.294 e. The van der Waals surface area contributed by atoms with Crippen LogP contribution in [-0.2, 0) is 17.4 Å². The highest BCUT2D eigenvalue weighted by Gasteiger charge is 2.43. The number of nitrogens with one attached hydrogen (secondary N) is 2. The lowest BCUT2D eigenvalue weighted by Gasteiger charge is -2.34. The van der Waals surface area contributed by atoms with E-state index in [1.165, 1.54) is 18.2 Å². The van der Waals surface area contributed by atoms with Crippen LogP contribution in [0.2, 0.25) is 0 Å². The van der Waals surface area contributed by atoms with Gasteiger partial charge in [0.1, 0.15) is 11.4 Å². The maximum Gasteiger partial charge on any atom is 0.294 e. The molecule has 10 nitrogen and oxygen atoms in total. The van der Waals surface area contributed by atoms with Crippen LogP contribution in [0.5, 0.6) is 0 Å². The van der Waals surface area contributed by atoms with Gasteiger partial charge in [0.15, 0.2) is 0 Å². The summed E-state index contributed by atoms with van der Waals surface area (Å²) in [6, 6.07) is 7.79. The molecule has 3 aromatic heterocycles. The number of hydrogen-bond acceptors (Lipinski definition) is 7. The lowest BCUT2D eigenvalue weighted by atomic mass is 9.81. The Morgan fingerprint density at radius 2 is 1.73 bits per heavy atom. The molecule has 4 aromatic rings. The highest BCUT2D eigenvalue weighted by atomic mass is 19.1. The van der Waals surface area contributed by atoms with Crippen molar-refractivity contribution < 1.29 is 23.3 Å². The molecule has 0 bridgehead atoms. The molecule has 0 radical (unpaired) electrons. The molecule has 1 aliphatic carbocycles. The molecule has 2 amide bonds. The number of nitrogens with zero attached hydrogens (tertiary/aromatic N) is 4. The molecule has 5 rings (SSSR count). The summed E-state index contributed by atoms with van der Waals surface area (Å²) in [5, 5.41) is 9.80. The second-order valence-electron chi connectivity index (χ2n) is 10.5. The number of aryl methyl sites for hydroxylation is 1. The second-order valence-corrected chi connectivity index (χ2v) is 10.5. The fourth-order valence-electron chi connectivity index (χ4n) is 5.52. The number of anilines is 1. The lowest BCUT2D eigenvalue weighted by Crippen LogP contribution is -2.50. The number of hydrogen-bond donors (Lipinski definition) is 2. The number of Topliss-reactive ketones (excluding diaryl/α,β-unsaturated/α-hetero) is 1. The molecule has 0 unspecified atom stereocenters. The number of ketones is 1. The van der Waals surface area contributed by atoms with Crippen LogP contribution in [0.25, 0.3) is 11.4 Å². The van der Waals surface area contributed by atoms with Crippen molar-refractivity contribution in [3.05, 3.63) is 82.5 Å². The normalized spacial score (nSPS) is 14.5. The van der Waals surface area contributed by atoms with E-state index in [1.54, 1.807) is 56.9 Å². The Morgan fingerprint density at radius 3 is 2.41 bits per heavy atom. The molecule has 1 aromatic carbocycles. The molecular formula is C30H31FN6O4. The summed E-state index contributed by atoms with van der Waals surface area (Å²) in [7, 11) is 1.64. The van der Waals surface area contributed by atoms with Crippen LogP contribution in [0.1, 0.15) is 75.7 Å². The largest absolute Gasteiger partial charge is 0.344 e. The molecule has 41 heavy (non-hydrogen) atoms. The van der Waals surface area contributed by atoms with E-state index in [4.69, 9.17) is 4.52 Å². The maximum absolute atomic E-state index is 13.7. The molecule has 0 saturated heterocycles. The van der Waals surface area contributed by atoms with E-state index >= 15 is 0 Å². The highest BCUT2D eigenvalue weighted by Crippen LogP contribution is 2.37. The van der Waals surface area contributed by atoms with Crippen molar-refractivity contribution in [2.24, 2.45) is 7.05 Å². The van der Waals surface area contributed by atoms with Gasteiger partial charge in [-0.2, -0.15) is 4.98 Å². The van der Waals surface area contributed by atoms with Crippen molar-refractivity contribution in [3.8, 4) is 11.4 Å². The Balaban J connectivity index is 1.41. The van der Waals surface area contributed by atoms with Crippen LogP contribution in [0.4, 0.5) is 10.1 Å². The number of halogens is 1. The van der Waals surface area contributed by atoms with Gasteiger partial charge in [-0.1, -0.05) is 24.4 Å². The molecule has 2 N–H and O–H groups in total. The Labute approximate surface area is 236 Å². The first-order chi connectivity index (χ1) is 19.6. The Morgan fingerprint density at radius 1 is 1.02 bits per heavy atom. The second kappa shape index (κ2) is 11.1. The number of aromatic nitrogens is 4. The average Bonchev–Trinajstić information content (AvgIpc) is 3.55. The quantitative estimate of drug-likeness (QED) is 0.242. The summed E-state index contributed by atoms with van der Waals surface area (Å²) in [5.74, 6) is -1.81. The zero-order valence-electron chi connectivity index (χ0n) is 23.4. The van der Waals surface area contributed by atoms with E-state index in [0.29, 0.717) is 41.2 Å². The van der Waals surface area contributed by atoms with Gasteiger partial charge in [0.05, 0.1) is 11.3 Å². The van der Waals surface area contributed by atoms with Gasteiger partial charge in [0, 0.05) is 36.4 Å². The van der Waals surface area contributed by atoms with E-state index in [1.807, 2.05) is 0 Å². The van der Waals surface area contributed by atoms with E-state index in [0.717, 1.165) is 24.8 Å². The van der Waals surface area contributed by atoms with Crippen LogP contribution in [-0.4, -0.2) is 37.3 Å². The fraction of sp³-hybridized carbons (Fsp3) is 0.333. The third-order valence-electron chi connectivity index (χ3n) is 7.83. The van der Waals surface area contributed by atoms with E-state index in [9.17, 15) is 18.8 Å². The summed E-state index contributed by atoms with van der Waals surface area (Å²) in [5.41, 5.74) is 1.82. The average molecular weight is 559 g/mol. The zero-order valence-corrected chi connectivity index (χ0v) is 23.4. The van der Waals surface area contributed by atoms with Gasteiger partial charge in [0.2, 0.25) is 5.82 Å². The van der Waals surface area contributed by atoms with Gasteiger partial charge in [0.25, 0.3) is 23.5 Å². The Bertz CT molecular complexity index is 1640. The topological polar surface area (TPSA) is 132 Å². The van der Waals surface area contributed by atoms with Gasteiger partial charge in [-0.25, -0.2) is 4.39 Å². The molecule has 1 aliphatic rings. The number of amides is 2. The molecule has 11 heteroatoms. The minimum Gasteiger partial charge on any atom is -0.344 e. The molecular weight excluding hydrogens is 527 g/mol. The fourth-order valence-corrected chi connectivity index (χ4v) is 5.52. The third kappa shape index (κ3) is 5.27. The number of benzene rings is 1. The zero-order chi connectivity index (χ0) is 29.3. The van der Waals surface area contributed by atoms with Crippen molar-refractivity contribution in [3.63, 3.8) is 0 Å². The highest BCUT2D eigenvalue weighted by molar-refractivity contribution is 6.43. The first-order valence-electron chi connectivity index (χ1n) is 13.5. The minimum atomic E-state index is -0.988. The minimum absolute atomic E-state index is 0.106. The summed E-state index contributed by atoms with van der Waals surface area (Å²) in [6.45, 7) is 4.94. The first-order valence-corrected chi connectivity index (χ1v) is 13.5. The molecule has 0 spiro atoms. The van der Waals surface area contributed by atoms with Crippen LogP contribution in [0.3, 0.4) is 0 Å². The first kappa shape index (κ1) is 27.9. The standard InChI is InChI=1S/C30H31FN6O4/c1-17-16-21(8-9-22(17)31)33-27(39)23-18(2)24(37(4)19(23)3)25(38)28(40)35-30(12-6-5-7-13-30)29-34-26(36-41-29)20-10-14-32-15-11-20/h8-11,14-16H,5-7,12-13H2,1-4H3,(H,33,39)(H,35,40). The van der Waals surface area contributed by atoms with E-state index in [-0.39, 0.29) is 23.0 Å². The van der Waals surface area contributed by atoms with Crippen LogP contribution in [0, 0.1) is 26.6 Å². The van der Waals surface area contributed by atoms with Gasteiger partial charge in [-0.3, -0.25) is 19.4 Å². The van der Waals surface area contributed by atoms with Gasteiger partial charge < -0.3 is 19.7 Å². The predicted octanol–water partition coefficient (Wildman–Crippen LogP) is 4.95. The van der Waals surface area contributed by atoms with Crippen molar-refractivity contribution in [2.75, 3.05) is 5.32 Å². The van der Waals surface area contributed by atoms with Crippen LogP contribution >= 0.6 is 0 Å². The Hall–Kier alpha value is -4.67. The Kier molecular flexibility index (Phi) is 7.53. The monoisotopic (exact) mass is 558 g/mol. The molecule has 0 aliphatic heterocycles. The molecule has 3 heterocycles. The maximum atomic E-state index is 13.7. The summed E-state index contributed by atoms with van der Waals surface area (Å²) in [6.07, 6.45) is 6.95. The third-order valence-corrected chi connectivity index (χ3v) is 7.83. The molecule has 1 fully saturated rings. The number of carbonyl (C=O) groups excluding carboxylic acids is 3. The molecule has 0 atom stereocenters. The van der Waals surface area contributed by atoms with Crippen LogP contribution < -0.4 is 10.6 Å². The van der Waals surface area contributed by atoms with Crippen molar-refractivity contribution >= 4 is 23.3 Å².